The third-order valence-corrected chi connectivity index (χ3v) is 7.59. The zero-order valence-corrected chi connectivity index (χ0v) is 18.2. The minimum atomic E-state index is -0.642. The highest BCUT2D eigenvalue weighted by molar-refractivity contribution is 5.84. The molecule has 3 aliphatic rings. The Morgan fingerprint density at radius 2 is 2.00 bits per heavy atom. The van der Waals surface area contributed by atoms with Crippen LogP contribution in [0.5, 0.6) is 5.75 Å². The molecule has 0 spiro atoms. The first kappa shape index (κ1) is 20.6. The number of benzene rings is 1. The van der Waals surface area contributed by atoms with Crippen LogP contribution in [0.15, 0.2) is 27.4 Å². The van der Waals surface area contributed by atoms with Crippen molar-refractivity contribution in [2.75, 3.05) is 13.1 Å². The summed E-state index contributed by atoms with van der Waals surface area (Å²) >= 11 is 0. The van der Waals surface area contributed by atoms with Crippen LogP contribution in [0, 0.1) is 5.92 Å². The molecule has 6 heteroatoms. The molecule has 6 nitrogen and oxygen atoms in total. The van der Waals surface area contributed by atoms with E-state index in [1.54, 1.807) is 13.0 Å². The standard InChI is InChI=1S/C25H31NO5/c1-16(23(27)26-13-12-25(29)11-5-4-6-17(25)15-26)30-18-9-10-20-19-7-2-3-8-21(19)24(28)31-22(20)14-18/h9-10,14,16-17,29H,2-8,11-13,15H2,1H3/t16?,17-,25-/m0/s1. The predicted octanol–water partition coefficient (Wildman–Crippen LogP) is 3.59. The molecule has 1 aromatic carbocycles. The largest absolute Gasteiger partial charge is 0.481 e. The number of amides is 1. The predicted molar refractivity (Wildman–Crippen MR) is 117 cm³/mol. The molecule has 1 saturated carbocycles. The summed E-state index contributed by atoms with van der Waals surface area (Å²) in [6.07, 6.45) is 7.80. The molecule has 2 heterocycles. The van der Waals surface area contributed by atoms with Gasteiger partial charge in [0.15, 0.2) is 6.10 Å². The second-order valence-electron chi connectivity index (χ2n) is 9.55. The van der Waals surface area contributed by atoms with E-state index in [9.17, 15) is 14.7 Å². The molecule has 2 aliphatic carbocycles. The average molecular weight is 426 g/mol. The van der Waals surface area contributed by atoms with Crippen molar-refractivity contribution in [1.29, 1.82) is 0 Å². The molecule has 0 bridgehead atoms. The second kappa shape index (κ2) is 7.97. The lowest BCUT2D eigenvalue weighted by Gasteiger charge is -2.47. The number of aryl methyl sites for hydroxylation is 1. The Morgan fingerprint density at radius 3 is 2.84 bits per heavy atom. The number of rotatable bonds is 3. The van der Waals surface area contributed by atoms with E-state index in [-0.39, 0.29) is 17.5 Å². The molecule has 5 rings (SSSR count). The van der Waals surface area contributed by atoms with Crippen LogP contribution in [-0.4, -0.2) is 40.7 Å². The number of aliphatic hydroxyl groups is 1. The third-order valence-electron chi connectivity index (χ3n) is 7.59. The van der Waals surface area contributed by atoms with Crippen LogP contribution in [0.4, 0.5) is 0 Å². The number of piperidine rings is 1. The van der Waals surface area contributed by atoms with Crippen molar-refractivity contribution in [3.63, 3.8) is 0 Å². The molecule has 3 atom stereocenters. The van der Waals surface area contributed by atoms with Crippen molar-refractivity contribution < 1.29 is 19.1 Å². The van der Waals surface area contributed by atoms with Crippen molar-refractivity contribution in [1.82, 2.24) is 4.90 Å². The van der Waals surface area contributed by atoms with Gasteiger partial charge >= 0.3 is 5.63 Å². The Kier molecular flexibility index (Phi) is 5.29. The van der Waals surface area contributed by atoms with Crippen molar-refractivity contribution in [3.05, 3.63) is 39.7 Å². The molecule has 1 aliphatic heterocycles. The number of carbonyl (C=O) groups is 1. The van der Waals surface area contributed by atoms with Crippen LogP contribution in [-0.2, 0) is 17.6 Å². The van der Waals surface area contributed by atoms with Gasteiger partial charge in [-0.05, 0) is 69.6 Å². The lowest BCUT2D eigenvalue weighted by atomic mass is 9.71. The maximum absolute atomic E-state index is 13.0. The van der Waals surface area contributed by atoms with Gasteiger partial charge in [0.05, 0.1) is 5.60 Å². The van der Waals surface area contributed by atoms with E-state index < -0.39 is 11.7 Å². The molecular weight excluding hydrogens is 394 g/mol. The molecule has 31 heavy (non-hydrogen) atoms. The van der Waals surface area contributed by atoms with Gasteiger partial charge in [0.2, 0.25) is 0 Å². The lowest BCUT2D eigenvalue weighted by Crippen LogP contribution is -2.56. The number of carbonyl (C=O) groups excluding carboxylic acids is 1. The maximum Gasteiger partial charge on any atom is 0.339 e. The van der Waals surface area contributed by atoms with E-state index in [1.165, 1.54) is 0 Å². The molecule has 1 amide bonds. The van der Waals surface area contributed by atoms with Crippen LogP contribution in [0.25, 0.3) is 11.0 Å². The minimum absolute atomic E-state index is 0.0559. The Labute approximate surface area is 182 Å². The fourth-order valence-electron chi connectivity index (χ4n) is 5.78. The monoisotopic (exact) mass is 425 g/mol. The summed E-state index contributed by atoms with van der Waals surface area (Å²) < 4.78 is 11.5. The molecule has 1 N–H and O–H groups in total. The number of nitrogens with zero attached hydrogens (tertiary/aromatic N) is 1. The van der Waals surface area contributed by atoms with Crippen LogP contribution in [0.2, 0.25) is 0 Å². The minimum Gasteiger partial charge on any atom is -0.481 e. The van der Waals surface area contributed by atoms with Crippen LogP contribution >= 0.6 is 0 Å². The van der Waals surface area contributed by atoms with Gasteiger partial charge in [-0.25, -0.2) is 4.79 Å². The Bertz CT molecular complexity index is 1060. The normalized spacial score (nSPS) is 26.8. The molecule has 166 valence electrons. The van der Waals surface area contributed by atoms with Gasteiger partial charge in [-0.15, -0.1) is 0 Å². The first-order valence-electron chi connectivity index (χ1n) is 11.7. The van der Waals surface area contributed by atoms with E-state index in [4.69, 9.17) is 9.15 Å². The van der Waals surface area contributed by atoms with Gasteiger partial charge in [0, 0.05) is 36.0 Å². The van der Waals surface area contributed by atoms with E-state index in [0.29, 0.717) is 30.8 Å². The topological polar surface area (TPSA) is 80.0 Å². The van der Waals surface area contributed by atoms with E-state index in [1.807, 2.05) is 17.0 Å². The highest BCUT2D eigenvalue weighted by Crippen LogP contribution is 2.40. The zero-order chi connectivity index (χ0) is 21.6. The summed E-state index contributed by atoms with van der Waals surface area (Å²) in [5, 5.41) is 11.8. The number of likely N-dealkylation sites (tertiary alicyclic amines) is 1. The maximum atomic E-state index is 13.0. The number of fused-ring (bicyclic) bond motifs is 4. The highest BCUT2D eigenvalue weighted by Gasteiger charge is 2.44. The quantitative estimate of drug-likeness (QED) is 0.760. The molecule has 2 aromatic rings. The van der Waals surface area contributed by atoms with Gasteiger partial charge < -0.3 is 19.2 Å². The summed E-state index contributed by atoms with van der Waals surface area (Å²) in [7, 11) is 0. The van der Waals surface area contributed by atoms with Gasteiger partial charge in [-0.3, -0.25) is 4.79 Å². The fourth-order valence-corrected chi connectivity index (χ4v) is 5.78. The number of ether oxygens (including phenoxy) is 1. The summed E-state index contributed by atoms with van der Waals surface area (Å²) in [6, 6.07) is 5.53. The van der Waals surface area contributed by atoms with Crippen LogP contribution in [0.1, 0.15) is 63.0 Å². The van der Waals surface area contributed by atoms with Crippen LogP contribution in [0.3, 0.4) is 0 Å². The Balaban J connectivity index is 1.31. The van der Waals surface area contributed by atoms with E-state index >= 15 is 0 Å². The number of hydrogen-bond acceptors (Lipinski definition) is 5. The molecule has 1 aromatic heterocycles. The molecule has 0 radical (unpaired) electrons. The van der Waals surface area contributed by atoms with Gasteiger partial charge in [0.25, 0.3) is 5.91 Å². The summed E-state index contributed by atoms with van der Waals surface area (Å²) in [4.78, 5) is 27.3. The summed E-state index contributed by atoms with van der Waals surface area (Å²) in [5.41, 5.74) is 1.57. The molecular formula is C25H31NO5. The lowest BCUT2D eigenvalue weighted by molar-refractivity contribution is -0.149. The van der Waals surface area contributed by atoms with Crippen molar-refractivity contribution in [3.8, 4) is 5.75 Å². The average Bonchev–Trinajstić information content (AvgIpc) is 2.78. The Hall–Kier alpha value is -2.34. The van der Waals surface area contributed by atoms with E-state index in [2.05, 4.69) is 0 Å². The van der Waals surface area contributed by atoms with Gasteiger partial charge in [-0.1, -0.05) is 12.8 Å². The van der Waals surface area contributed by atoms with Gasteiger partial charge in [0.1, 0.15) is 11.3 Å². The Morgan fingerprint density at radius 1 is 1.19 bits per heavy atom. The molecule has 1 saturated heterocycles. The molecule has 1 unspecified atom stereocenters. The molecule has 2 fully saturated rings. The third kappa shape index (κ3) is 3.75. The van der Waals surface area contributed by atoms with E-state index in [0.717, 1.165) is 67.9 Å². The number of hydrogen-bond donors (Lipinski definition) is 1. The van der Waals surface area contributed by atoms with Gasteiger partial charge in [-0.2, -0.15) is 0 Å². The SMILES string of the molecule is CC(Oc1ccc2c3c(c(=O)oc2c1)CCCC3)C(=O)N1CC[C@@]2(O)CCCC[C@H]2C1. The van der Waals surface area contributed by atoms with Crippen molar-refractivity contribution >= 4 is 16.9 Å². The van der Waals surface area contributed by atoms with Crippen molar-refractivity contribution in [2.24, 2.45) is 5.92 Å². The van der Waals surface area contributed by atoms with Crippen LogP contribution < -0.4 is 10.4 Å². The summed E-state index contributed by atoms with van der Waals surface area (Å²) in [6.45, 7) is 2.93. The highest BCUT2D eigenvalue weighted by atomic mass is 16.5. The zero-order valence-electron chi connectivity index (χ0n) is 18.2. The van der Waals surface area contributed by atoms with Crippen molar-refractivity contribution in [2.45, 2.75) is 76.4 Å². The first-order chi connectivity index (χ1) is 14.9. The smallest absolute Gasteiger partial charge is 0.339 e. The first-order valence-corrected chi connectivity index (χ1v) is 11.7. The second-order valence-corrected chi connectivity index (χ2v) is 9.55. The fraction of sp³-hybridized carbons (Fsp3) is 0.600. The summed E-state index contributed by atoms with van der Waals surface area (Å²) in [5.74, 6) is 0.630.